The number of amides is 2. The molecule has 5 rings (SSSR count). The number of aliphatic hydroxyl groups is 2. The first-order chi connectivity index (χ1) is 20.1. The molecule has 4 aromatic carbocycles. The number of hydrogen-bond acceptors (Lipinski definition) is 7. The second-order valence-corrected chi connectivity index (χ2v) is 9.31. The maximum atomic E-state index is 12.9. The predicted octanol–water partition coefficient (Wildman–Crippen LogP) is 4.33. The van der Waals surface area contributed by atoms with E-state index in [4.69, 9.17) is 4.42 Å². The van der Waals surface area contributed by atoms with E-state index in [2.05, 4.69) is 20.8 Å². The van der Waals surface area contributed by atoms with Gasteiger partial charge in [-0.1, -0.05) is 72.8 Å². The molecule has 0 aliphatic heterocycles. The van der Waals surface area contributed by atoms with Gasteiger partial charge in [0.05, 0.1) is 25.3 Å². The molecule has 0 spiro atoms. The normalized spacial score (nSPS) is 12.3. The van der Waals surface area contributed by atoms with Crippen LogP contribution in [0.15, 0.2) is 114 Å². The fourth-order valence-corrected chi connectivity index (χ4v) is 4.37. The number of aliphatic hydroxyl groups excluding tert-OH is 2. The Balaban J connectivity index is 1.31. The summed E-state index contributed by atoms with van der Waals surface area (Å²) >= 11 is 0. The summed E-state index contributed by atoms with van der Waals surface area (Å²) in [4.78, 5) is 25.9. The molecule has 0 unspecified atom stereocenters. The van der Waals surface area contributed by atoms with Crippen LogP contribution in [0, 0.1) is 0 Å². The van der Waals surface area contributed by atoms with Crippen LogP contribution in [0.3, 0.4) is 0 Å². The summed E-state index contributed by atoms with van der Waals surface area (Å²) in [5.41, 5.74) is 3.41. The van der Waals surface area contributed by atoms with Gasteiger partial charge in [-0.15, -0.1) is 10.2 Å². The van der Waals surface area contributed by atoms with Gasteiger partial charge < -0.3 is 25.3 Å². The maximum absolute atomic E-state index is 12.9. The van der Waals surface area contributed by atoms with Crippen molar-refractivity contribution in [2.45, 2.75) is 12.1 Å². The van der Waals surface area contributed by atoms with Gasteiger partial charge in [-0.3, -0.25) is 9.59 Å². The van der Waals surface area contributed by atoms with E-state index in [-0.39, 0.29) is 36.8 Å². The minimum absolute atomic E-state index is 0.204. The molecule has 0 bridgehead atoms. The fraction of sp³-hybridized carbons (Fsp3) is 0.125. The molecule has 9 heteroatoms. The summed E-state index contributed by atoms with van der Waals surface area (Å²) in [5, 5.41) is 33.6. The Morgan fingerprint density at radius 1 is 0.610 bits per heavy atom. The van der Waals surface area contributed by atoms with Crippen LogP contribution in [-0.4, -0.2) is 45.4 Å². The monoisotopic (exact) mass is 548 g/mol. The summed E-state index contributed by atoms with van der Waals surface area (Å²) in [6.07, 6.45) is 0. The summed E-state index contributed by atoms with van der Waals surface area (Å²) in [5.74, 6) is -0.304. The highest BCUT2D eigenvalue weighted by Gasteiger charge is 2.19. The Morgan fingerprint density at radius 2 is 1.02 bits per heavy atom. The zero-order valence-electron chi connectivity index (χ0n) is 22.0. The maximum Gasteiger partial charge on any atom is 0.251 e. The molecule has 0 saturated carbocycles. The Labute approximate surface area is 236 Å². The fourth-order valence-electron chi connectivity index (χ4n) is 4.37. The molecule has 0 radical (unpaired) electrons. The lowest BCUT2D eigenvalue weighted by Gasteiger charge is -2.17. The highest BCUT2D eigenvalue weighted by atomic mass is 16.4. The quantitative estimate of drug-likeness (QED) is 0.204. The molecule has 5 aromatic rings. The molecule has 0 fully saturated rings. The average molecular weight is 549 g/mol. The van der Waals surface area contributed by atoms with Crippen molar-refractivity contribution in [3.8, 4) is 22.9 Å². The summed E-state index contributed by atoms with van der Waals surface area (Å²) in [6.45, 7) is -0.487. The first kappa shape index (κ1) is 27.4. The number of benzene rings is 4. The van der Waals surface area contributed by atoms with Gasteiger partial charge in [-0.2, -0.15) is 0 Å². The Bertz CT molecular complexity index is 1500. The van der Waals surface area contributed by atoms with Gasteiger partial charge >= 0.3 is 0 Å². The van der Waals surface area contributed by atoms with E-state index in [1.807, 2.05) is 60.7 Å². The zero-order valence-corrected chi connectivity index (χ0v) is 22.0. The van der Waals surface area contributed by atoms with Gasteiger partial charge in [0.1, 0.15) is 0 Å². The van der Waals surface area contributed by atoms with E-state index in [1.54, 1.807) is 48.5 Å². The lowest BCUT2D eigenvalue weighted by atomic mass is 10.1. The van der Waals surface area contributed by atoms with Gasteiger partial charge in [0.2, 0.25) is 11.8 Å². The second kappa shape index (κ2) is 12.8. The number of nitrogens with zero attached hydrogens (tertiary/aromatic N) is 2. The van der Waals surface area contributed by atoms with Crippen LogP contribution in [0.1, 0.15) is 43.9 Å². The van der Waals surface area contributed by atoms with Crippen molar-refractivity contribution in [3.05, 3.63) is 131 Å². The number of rotatable bonds is 10. The van der Waals surface area contributed by atoms with Gasteiger partial charge in [0.15, 0.2) is 0 Å². The van der Waals surface area contributed by atoms with E-state index in [1.165, 1.54) is 0 Å². The van der Waals surface area contributed by atoms with Gasteiger partial charge in [0.25, 0.3) is 11.8 Å². The van der Waals surface area contributed by atoms with Crippen molar-refractivity contribution in [1.29, 1.82) is 0 Å². The van der Waals surface area contributed by atoms with E-state index in [0.717, 1.165) is 11.1 Å². The lowest BCUT2D eigenvalue weighted by molar-refractivity contribution is 0.0909. The number of carbonyl (C=O) groups excluding carboxylic acids is 2. The zero-order chi connectivity index (χ0) is 28.6. The van der Waals surface area contributed by atoms with E-state index in [0.29, 0.717) is 22.3 Å². The summed E-state index contributed by atoms with van der Waals surface area (Å²) < 4.78 is 5.90. The summed E-state index contributed by atoms with van der Waals surface area (Å²) in [6, 6.07) is 30.9. The molecule has 206 valence electrons. The topological polar surface area (TPSA) is 138 Å². The van der Waals surface area contributed by atoms with Crippen molar-refractivity contribution < 1.29 is 24.2 Å². The van der Waals surface area contributed by atoms with E-state index < -0.39 is 12.1 Å². The average Bonchev–Trinajstić information content (AvgIpc) is 3.54. The smallest absolute Gasteiger partial charge is 0.251 e. The standard InChI is InChI=1S/C32H28N4O5/c37-19-27(21-9-3-1-4-10-21)33-29(39)23-13-7-15-25(17-23)31-35-36-32(41-31)26-16-8-14-24(18-26)30(40)34-28(20-38)22-11-5-2-6-12-22/h1-18,27-28,37-38H,19-20H2,(H,33,39)(H,34,40)/t27-,28-/m1/s1. The molecular weight excluding hydrogens is 520 g/mol. The van der Waals surface area contributed by atoms with E-state index >= 15 is 0 Å². The SMILES string of the molecule is O=C(N[C@H](CO)c1ccccc1)c1cccc(-c2nnc(-c3cccc(C(=O)N[C@H](CO)c4ccccc4)c3)o2)c1. The van der Waals surface area contributed by atoms with E-state index in [9.17, 15) is 19.8 Å². The van der Waals surface area contributed by atoms with Crippen LogP contribution in [0.2, 0.25) is 0 Å². The molecule has 2 atom stereocenters. The van der Waals surface area contributed by atoms with Crippen molar-refractivity contribution in [2.24, 2.45) is 0 Å². The van der Waals surface area contributed by atoms with Crippen molar-refractivity contribution >= 4 is 11.8 Å². The molecule has 2 amide bonds. The molecule has 4 N–H and O–H groups in total. The van der Waals surface area contributed by atoms with Gasteiger partial charge in [0, 0.05) is 22.3 Å². The minimum Gasteiger partial charge on any atom is -0.416 e. The third kappa shape index (κ3) is 6.55. The number of nitrogens with one attached hydrogen (secondary N) is 2. The van der Waals surface area contributed by atoms with Crippen LogP contribution < -0.4 is 10.6 Å². The molecule has 1 heterocycles. The third-order valence-electron chi connectivity index (χ3n) is 6.55. The largest absolute Gasteiger partial charge is 0.416 e. The van der Waals surface area contributed by atoms with Crippen LogP contribution in [0.4, 0.5) is 0 Å². The second-order valence-electron chi connectivity index (χ2n) is 9.31. The highest BCUT2D eigenvalue weighted by molar-refractivity contribution is 5.96. The number of hydrogen-bond donors (Lipinski definition) is 4. The van der Waals surface area contributed by atoms with Crippen molar-refractivity contribution in [3.63, 3.8) is 0 Å². The third-order valence-corrected chi connectivity index (χ3v) is 6.55. The molecule has 0 saturated heterocycles. The van der Waals surface area contributed by atoms with Crippen LogP contribution >= 0.6 is 0 Å². The van der Waals surface area contributed by atoms with Crippen LogP contribution in [0.5, 0.6) is 0 Å². The first-order valence-corrected chi connectivity index (χ1v) is 13.0. The number of carbonyl (C=O) groups is 2. The molecule has 0 aliphatic carbocycles. The molecule has 1 aromatic heterocycles. The van der Waals surface area contributed by atoms with Crippen molar-refractivity contribution in [1.82, 2.24) is 20.8 Å². The summed E-state index contributed by atoms with van der Waals surface area (Å²) in [7, 11) is 0. The Morgan fingerprint density at radius 3 is 1.41 bits per heavy atom. The molecule has 0 aliphatic rings. The molecule has 41 heavy (non-hydrogen) atoms. The first-order valence-electron chi connectivity index (χ1n) is 13.0. The van der Waals surface area contributed by atoms with Gasteiger partial charge in [-0.25, -0.2) is 0 Å². The minimum atomic E-state index is -0.549. The van der Waals surface area contributed by atoms with Crippen molar-refractivity contribution in [2.75, 3.05) is 13.2 Å². The molecular formula is C32H28N4O5. The van der Waals surface area contributed by atoms with Gasteiger partial charge in [-0.05, 0) is 47.5 Å². The lowest BCUT2D eigenvalue weighted by Crippen LogP contribution is -2.30. The Kier molecular flexibility index (Phi) is 8.58. The molecule has 9 nitrogen and oxygen atoms in total. The Hall–Kier alpha value is -5.12. The predicted molar refractivity (Wildman–Crippen MR) is 153 cm³/mol. The van der Waals surface area contributed by atoms with Crippen LogP contribution in [0.25, 0.3) is 22.9 Å². The van der Waals surface area contributed by atoms with Crippen LogP contribution in [-0.2, 0) is 0 Å². The highest BCUT2D eigenvalue weighted by Crippen LogP contribution is 2.26. The number of aromatic nitrogens is 2.